The summed E-state index contributed by atoms with van der Waals surface area (Å²) in [7, 11) is 0. The van der Waals surface area contributed by atoms with Gasteiger partial charge in [0.25, 0.3) is 0 Å². The van der Waals surface area contributed by atoms with E-state index in [1.807, 2.05) is 31.2 Å². The van der Waals surface area contributed by atoms with Crippen LogP contribution in [0.5, 0.6) is 0 Å². The Labute approximate surface area is 93.6 Å². The Balaban J connectivity index is 1.86. The normalized spacial score (nSPS) is 10.8. The summed E-state index contributed by atoms with van der Waals surface area (Å²) in [5.41, 5.74) is 2.69. The number of nitrogens with zero attached hydrogens (tertiary/aromatic N) is 2. The molecule has 0 bridgehead atoms. The van der Waals surface area contributed by atoms with Crippen LogP contribution < -0.4 is 0 Å². The van der Waals surface area contributed by atoms with E-state index in [0.717, 1.165) is 17.0 Å². The van der Waals surface area contributed by atoms with Gasteiger partial charge in [0.2, 0.25) is 0 Å². The molecule has 82 valence electrons. The average molecular weight is 216 g/mol. The predicted molar refractivity (Wildman–Crippen MR) is 60.1 cm³/mol. The summed E-state index contributed by atoms with van der Waals surface area (Å²) in [6.07, 6.45) is 4.82. The molecule has 0 unspecified atom stereocenters. The quantitative estimate of drug-likeness (QED) is 0.582. The smallest absolute Gasteiger partial charge is 0.145 e. The number of hydrogen-bond donors (Lipinski definition) is 0. The molecule has 16 heavy (non-hydrogen) atoms. The number of pyridine rings is 1. The van der Waals surface area contributed by atoms with Crippen LogP contribution in [0.2, 0.25) is 0 Å². The highest BCUT2D eigenvalue weighted by atomic mass is 16.6. The van der Waals surface area contributed by atoms with Crippen molar-refractivity contribution >= 4 is 6.21 Å². The molecule has 2 aromatic heterocycles. The van der Waals surface area contributed by atoms with E-state index in [9.17, 15) is 0 Å². The van der Waals surface area contributed by atoms with Gasteiger partial charge in [0, 0.05) is 11.3 Å². The van der Waals surface area contributed by atoms with E-state index >= 15 is 0 Å². The van der Waals surface area contributed by atoms with Crippen molar-refractivity contribution in [3.8, 4) is 0 Å². The minimum atomic E-state index is 0.402. The van der Waals surface area contributed by atoms with Gasteiger partial charge in [-0.15, -0.1) is 0 Å². The molecule has 2 heterocycles. The number of aromatic nitrogens is 1. The SMILES string of the molecule is Cc1cccc(/C=N/OCc2ccoc2)n1. The molecule has 0 aromatic carbocycles. The number of aryl methyl sites for hydroxylation is 1. The second-order valence-electron chi connectivity index (χ2n) is 3.34. The Hall–Kier alpha value is -2.10. The minimum absolute atomic E-state index is 0.402. The van der Waals surface area contributed by atoms with Crippen molar-refractivity contribution in [3.63, 3.8) is 0 Å². The average Bonchev–Trinajstić information content (AvgIpc) is 2.77. The zero-order valence-electron chi connectivity index (χ0n) is 8.96. The lowest BCUT2D eigenvalue weighted by Gasteiger charge is -1.96. The van der Waals surface area contributed by atoms with E-state index in [1.54, 1.807) is 18.7 Å². The number of oxime groups is 1. The first-order chi connectivity index (χ1) is 7.84. The molecule has 0 aliphatic heterocycles. The molecule has 0 aliphatic carbocycles. The van der Waals surface area contributed by atoms with Gasteiger partial charge in [-0.3, -0.25) is 4.98 Å². The summed E-state index contributed by atoms with van der Waals surface area (Å²) in [4.78, 5) is 9.35. The third kappa shape index (κ3) is 2.95. The van der Waals surface area contributed by atoms with Crippen molar-refractivity contribution in [2.24, 2.45) is 5.16 Å². The fraction of sp³-hybridized carbons (Fsp3) is 0.167. The van der Waals surface area contributed by atoms with Crippen LogP contribution in [-0.2, 0) is 11.4 Å². The standard InChI is InChI=1S/C12H12N2O2/c1-10-3-2-4-12(14-10)7-13-16-9-11-5-6-15-8-11/h2-8H,9H2,1H3/b13-7+. The van der Waals surface area contributed by atoms with Crippen LogP contribution in [-0.4, -0.2) is 11.2 Å². The van der Waals surface area contributed by atoms with Gasteiger partial charge < -0.3 is 9.25 Å². The van der Waals surface area contributed by atoms with Gasteiger partial charge in [-0.1, -0.05) is 11.2 Å². The first kappa shape index (κ1) is 10.4. The molecule has 0 aliphatic rings. The van der Waals surface area contributed by atoms with Gasteiger partial charge in [0.15, 0.2) is 0 Å². The Morgan fingerprint density at radius 3 is 3.12 bits per heavy atom. The van der Waals surface area contributed by atoms with Crippen LogP contribution in [0.1, 0.15) is 17.0 Å². The maximum absolute atomic E-state index is 5.09. The molecule has 0 fully saturated rings. The molecule has 0 amide bonds. The van der Waals surface area contributed by atoms with E-state index in [4.69, 9.17) is 9.25 Å². The van der Waals surface area contributed by atoms with Crippen LogP contribution >= 0.6 is 0 Å². The predicted octanol–water partition coefficient (Wildman–Crippen LogP) is 2.53. The summed E-state index contributed by atoms with van der Waals surface area (Å²) in [5, 5.41) is 3.83. The van der Waals surface area contributed by atoms with Gasteiger partial charge >= 0.3 is 0 Å². The molecule has 0 spiro atoms. The summed E-state index contributed by atoms with van der Waals surface area (Å²) in [6, 6.07) is 7.57. The summed E-state index contributed by atoms with van der Waals surface area (Å²) >= 11 is 0. The second kappa shape index (κ2) is 5.11. The fourth-order valence-electron chi connectivity index (χ4n) is 1.21. The van der Waals surface area contributed by atoms with Crippen molar-refractivity contribution in [3.05, 3.63) is 53.7 Å². The monoisotopic (exact) mass is 216 g/mol. The van der Waals surface area contributed by atoms with E-state index < -0.39 is 0 Å². The molecule has 0 N–H and O–H groups in total. The highest BCUT2D eigenvalue weighted by molar-refractivity contribution is 5.76. The zero-order valence-corrected chi connectivity index (χ0v) is 8.96. The zero-order chi connectivity index (χ0) is 11.2. The highest BCUT2D eigenvalue weighted by Gasteiger charge is 1.93. The first-order valence-corrected chi connectivity index (χ1v) is 4.94. The molecule has 0 saturated heterocycles. The first-order valence-electron chi connectivity index (χ1n) is 4.94. The largest absolute Gasteiger partial charge is 0.472 e. The van der Waals surface area contributed by atoms with Gasteiger partial charge in [-0.2, -0.15) is 0 Å². The van der Waals surface area contributed by atoms with Crippen molar-refractivity contribution in [2.75, 3.05) is 0 Å². The fourth-order valence-corrected chi connectivity index (χ4v) is 1.21. The van der Waals surface area contributed by atoms with Crippen LogP contribution in [0.15, 0.2) is 46.4 Å². The lowest BCUT2D eigenvalue weighted by atomic mass is 10.3. The molecule has 0 radical (unpaired) electrons. The lowest BCUT2D eigenvalue weighted by molar-refractivity contribution is 0.131. The molecule has 2 rings (SSSR count). The Kier molecular flexibility index (Phi) is 3.33. The van der Waals surface area contributed by atoms with Crippen LogP contribution in [0.25, 0.3) is 0 Å². The maximum Gasteiger partial charge on any atom is 0.145 e. The number of hydrogen-bond acceptors (Lipinski definition) is 4. The molecular formula is C12H12N2O2. The molecular weight excluding hydrogens is 204 g/mol. The molecule has 0 atom stereocenters. The molecule has 0 saturated carbocycles. The lowest BCUT2D eigenvalue weighted by Crippen LogP contribution is -1.90. The van der Waals surface area contributed by atoms with Gasteiger partial charge in [0.05, 0.1) is 24.4 Å². The Morgan fingerprint density at radius 1 is 1.44 bits per heavy atom. The number of furan rings is 1. The summed E-state index contributed by atoms with van der Waals surface area (Å²) in [6.45, 7) is 2.34. The third-order valence-corrected chi connectivity index (χ3v) is 1.98. The van der Waals surface area contributed by atoms with E-state index in [1.165, 1.54) is 0 Å². The van der Waals surface area contributed by atoms with E-state index in [2.05, 4.69) is 10.1 Å². The van der Waals surface area contributed by atoms with E-state index in [-0.39, 0.29) is 0 Å². The third-order valence-electron chi connectivity index (χ3n) is 1.98. The second-order valence-corrected chi connectivity index (χ2v) is 3.34. The van der Waals surface area contributed by atoms with E-state index in [0.29, 0.717) is 6.61 Å². The molecule has 4 heteroatoms. The van der Waals surface area contributed by atoms with Crippen LogP contribution in [0.3, 0.4) is 0 Å². The minimum Gasteiger partial charge on any atom is -0.472 e. The van der Waals surface area contributed by atoms with Crippen LogP contribution in [0, 0.1) is 6.92 Å². The van der Waals surface area contributed by atoms with Crippen molar-refractivity contribution in [2.45, 2.75) is 13.5 Å². The number of rotatable bonds is 4. The van der Waals surface area contributed by atoms with Gasteiger partial charge in [-0.05, 0) is 25.1 Å². The topological polar surface area (TPSA) is 47.6 Å². The van der Waals surface area contributed by atoms with Gasteiger partial charge in [-0.25, -0.2) is 0 Å². The maximum atomic E-state index is 5.09. The van der Waals surface area contributed by atoms with Crippen molar-refractivity contribution in [1.29, 1.82) is 0 Å². The Bertz CT molecular complexity index is 464. The molecule has 2 aromatic rings. The molecule has 4 nitrogen and oxygen atoms in total. The summed E-state index contributed by atoms with van der Waals surface area (Å²) < 4.78 is 4.90. The van der Waals surface area contributed by atoms with Crippen molar-refractivity contribution < 1.29 is 9.25 Å². The van der Waals surface area contributed by atoms with Crippen molar-refractivity contribution in [1.82, 2.24) is 4.98 Å². The van der Waals surface area contributed by atoms with Crippen LogP contribution in [0.4, 0.5) is 0 Å². The highest BCUT2D eigenvalue weighted by Crippen LogP contribution is 2.02. The summed E-state index contributed by atoms with van der Waals surface area (Å²) in [5.74, 6) is 0. The van der Waals surface area contributed by atoms with Gasteiger partial charge in [0.1, 0.15) is 6.61 Å². The Morgan fingerprint density at radius 2 is 2.38 bits per heavy atom.